The molecule has 0 aliphatic rings. The highest BCUT2D eigenvalue weighted by Gasteiger charge is 2.11. The van der Waals surface area contributed by atoms with E-state index < -0.39 is 6.61 Å². The van der Waals surface area contributed by atoms with Gasteiger partial charge in [0.1, 0.15) is 11.6 Å². The summed E-state index contributed by atoms with van der Waals surface area (Å²) < 4.78 is 29.0. The quantitative estimate of drug-likeness (QED) is 0.907. The fraction of sp³-hybridized carbons (Fsp3) is 0.167. The van der Waals surface area contributed by atoms with Gasteiger partial charge in [0.15, 0.2) is 0 Å². The highest BCUT2D eigenvalue weighted by molar-refractivity contribution is 5.67. The molecule has 0 radical (unpaired) electrons. The summed E-state index contributed by atoms with van der Waals surface area (Å²) in [5.74, 6) is 0.685. The van der Waals surface area contributed by atoms with E-state index in [2.05, 4.69) is 20.3 Å². The van der Waals surface area contributed by atoms with Gasteiger partial charge in [-0.3, -0.25) is 0 Å². The Morgan fingerprint density at radius 1 is 1.11 bits per heavy atom. The first-order valence-electron chi connectivity index (χ1n) is 5.26. The third-order valence-corrected chi connectivity index (χ3v) is 2.30. The number of aromatic nitrogens is 2. The van der Waals surface area contributed by atoms with E-state index >= 15 is 0 Å². The van der Waals surface area contributed by atoms with Crippen LogP contribution in [0.25, 0.3) is 11.3 Å². The fourth-order valence-electron chi connectivity index (χ4n) is 1.49. The number of hydrogen-bond donors (Lipinski definition) is 1. The summed E-state index contributed by atoms with van der Waals surface area (Å²) in [6, 6.07) is 9.86. The lowest BCUT2D eigenvalue weighted by atomic mass is 10.1. The van der Waals surface area contributed by atoms with Gasteiger partial charge in [-0.25, -0.2) is 0 Å². The molecule has 2 aromatic rings. The molecular weight excluding hydrogens is 240 g/mol. The maximum Gasteiger partial charge on any atom is 0.387 e. The molecule has 4 nitrogen and oxygen atoms in total. The van der Waals surface area contributed by atoms with Crippen molar-refractivity contribution in [1.82, 2.24) is 10.2 Å². The van der Waals surface area contributed by atoms with Gasteiger partial charge in [0.25, 0.3) is 0 Å². The van der Waals surface area contributed by atoms with Gasteiger partial charge in [0.2, 0.25) is 0 Å². The van der Waals surface area contributed by atoms with Crippen molar-refractivity contribution in [2.75, 3.05) is 12.4 Å². The van der Waals surface area contributed by atoms with E-state index in [0.29, 0.717) is 17.1 Å². The lowest BCUT2D eigenvalue weighted by molar-refractivity contribution is -0.0494. The predicted molar refractivity (Wildman–Crippen MR) is 63.6 cm³/mol. The molecule has 94 valence electrons. The van der Waals surface area contributed by atoms with Crippen LogP contribution in [0.15, 0.2) is 36.4 Å². The molecule has 0 fully saturated rings. The zero-order valence-corrected chi connectivity index (χ0v) is 9.60. The van der Waals surface area contributed by atoms with Gasteiger partial charge in [0, 0.05) is 12.6 Å². The first kappa shape index (κ1) is 12.2. The standard InChI is InChI=1S/C12H11F2N3O/c1-15-11-7-6-9(16-17-11)8-4-2-3-5-10(8)18-12(13)14/h2-7,12H,1H3,(H,15,17). The summed E-state index contributed by atoms with van der Waals surface area (Å²) >= 11 is 0. The molecule has 0 amide bonds. The Hall–Kier alpha value is -2.24. The lowest BCUT2D eigenvalue weighted by Gasteiger charge is -2.09. The SMILES string of the molecule is CNc1ccc(-c2ccccc2OC(F)F)nn1. The Morgan fingerprint density at radius 3 is 2.50 bits per heavy atom. The van der Waals surface area contributed by atoms with Gasteiger partial charge < -0.3 is 10.1 Å². The Kier molecular flexibility index (Phi) is 3.66. The third kappa shape index (κ3) is 2.71. The van der Waals surface area contributed by atoms with Crippen LogP contribution < -0.4 is 10.1 Å². The Bertz CT molecular complexity index is 517. The van der Waals surface area contributed by atoms with Crippen molar-refractivity contribution in [2.24, 2.45) is 0 Å². The largest absolute Gasteiger partial charge is 0.434 e. The van der Waals surface area contributed by atoms with Crippen molar-refractivity contribution in [3.63, 3.8) is 0 Å². The number of ether oxygens (including phenoxy) is 1. The average molecular weight is 251 g/mol. The van der Waals surface area contributed by atoms with Gasteiger partial charge in [0.05, 0.1) is 5.69 Å². The molecule has 0 saturated heterocycles. The van der Waals surface area contributed by atoms with E-state index in [9.17, 15) is 8.78 Å². The molecule has 0 aliphatic carbocycles. The molecule has 6 heteroatoms. The van der Waals surface area contributed by atoms with Crippen LogP contribution in [-0.4, -0.2) is 23.9 Å². The number of para-hydroxylation sites is 1. The van der Waals surface area contributed by atoms with E-state index in [1.165, 1.54) is 6.07 Å². The van der Waals surface area contributed by atoms with Crippen LogP contribution in [-0.2, 0) is 0 Å². The van der Waals surface area contributed by atoms with Crippen molar-refractivity contribution in [3.8, 4) is 17.0 Å². The van der Waals surface area contributed by atoms with Gasteiger partial charge in [-0.2, -0.15) is 8.78 Å². The second-order valence-corrected chi connectivity index (χ2v) is 3.43. The second-order valence-electron chi connectivity index (χ2n) is 3.43. The van der Waals surface area contributed by atoms with Crippen LogP contribution in [0.4, 0.5) is 14.6 Å². The van der Waals surface area contributed by atoms with Crippen molar-refractivity contribution in [1.29, 1.82) is 0 Å². The number of rotatable bonds is 4. The first-order chi connectivity index (χ1) is 8.70. The Balaban J connectivity index is 2.36. The maximum absolute atomic E-state index is 12.3. The number of alkyl halides is 2. The third-order valence-electron chi connectivity index (χ3n) is 2.30. The van der Waals surface area contributed by atoms with Crippen molar-refractivity contribution >= 4 is 5.82 Å². The molecule has 0 saturated carbocycles. The Morgan fingerprint density at radius 2 is 1.89 bits per heavy atom. The Labute approximate surface area is 103 Å². The predicted octanol–water partition coefficient (Wildman–Crippen LogP) is 2.79. The van der Waals surface area contributed by atoms with Gasteiger partial charge in [-0.1, -0.05) is 12.1 Å². The van der Waals surface area contributed by atoms with Crippen LogP contribution in [0, 0.1) is 0 Å². The molecule has 1 heterocycles. The topological polar surface area (TPSA) is 47.0 Å². The summed E-state index contributed by atoms with van der Waals surface area (Å²) in [7, 11) is 1.72. The molecule has 0 spiro atoms. The summed E-state index contributed by atoms with van der Waals surface area (Å²) in [6.07, 6.45) is 0. The number of hydrogen-bond acceptors (Lipinski definition) is 4. The molecular formula is C12H11F2N3O. The van der Waals surface area contributed by atoms with Gasteiger partial charge in [-0.05, 0) is 24.3 Å². The second kappa shape index (κ2) is 5.39. The summed E-state index contributed by atoms with van der Waals surface area (Å²) in [6.45, 7) is -2.87. The van der Waals surface area contributed by atoms with Gasteiger partial charge >= 0.3 is 6.61 Å². The highest BCUT2D eigenvalue weighted by atomic mass is 19.3. The fourth-order valence-corrected chi connectivity index (χ4v) is 1.49. The van der Waals surface area contributed by atoms with Crippen LogP contribution in [0.5, 0.6) is 5.75 Å². The molecule has 0 bridgehead atoms. The summed E-state index contributed by atoms with van der Waals surface area (Å²) in [5.41, 5.74) is 0.957. The van der Waals surface area contributed by atoms with E-state index in [0.717, 1.165) is 0 Å². The zero-order chi connectivity index (χ0) is 13.0. The van der Waals surface area contributed by atoms with E-state index in [-0.39, 0.29) is 5.75 Å². The number of benzene rings is 1. The minimum absolute atomic E-state index is 0.0824. The molecule has 1 aromatic carbocycles. The lowest BCUT2D eigenvalue weighted by Crippen LogP contribution is -2.03. The highest BCUT2D eigenvalue weighted by Crippen LogP contribution is 2.29. The maximum atomic E-state index is 12.3. The summed E-state index contributed by atoms with van der Waals surface area (Å²) in [5, 5.41) is 10.7. The molecule has 2 rings (SSSR count). The number of anilines is 1. The van der Waals surface area contributed by atoms with Crippen molar-refractivity contribution < 1.29 is 13.5 Å². The minimum atomic E-state index is -2.87. The normalized spacial score (nSPS) is 10.4. The van der Waals surface area contributed by atoms with Crippen molar-refractivity contribution in [3.05, 3.63) is 36.4 Å². The van der Waals surface area contributed by atoms with Crippen LogP contribution in [0.2, 0.25) is 0 Å². The van der Waals surface area contributed by atoms with E-state index in [4.69, 9.17) is 0 Å². The molecule has 0 atom stereocenters. The molecule has 18 heavy (non-hydrogen) atoms. The number of nitrogens with zero attached hydrogens (tertiary/aromatic N) is 2. The van der Waals surface area contributed by atoms with Crippen LogP contribution in [0.3, 0.4) is 0 Å². The zero-order valence-electron chi connectivity index (χ0n) is 9.60. The van der Waals surface area contributed by atoms with Crippen molar-refractivity contribution in [2.45, 2.75) is 6.61 Å². The summed E-state index contributed by atoms with van der Waals surface area (Å²) in [4.78, 5) is 0. The van der Waals surface area contributed by atoms with E-state index in [1.807, 2.05) is 0 Å². The number of halogens is 2. The van der Waals surface area contributed by atoms with Gasteiger partial charge in [-0.15, -0.1) is 10.2 Å². The molecule has 0 unspecified atom stereocenters. The molecule has 1 aromatic heterocycles. The monoisotopic (exact) mass is 251 g/mol. The first-order valence-corrected chi connectivity index (χ1v) is 5.26. The average Bonchev–Trinajstić information content (AvgIpc) is 2.39. The molecule has 1 N–H and O–H groups in total. The molecule has 0 aliphatic heterocycles. The minimum Gasteiger partial charge on any atom is -0.434 e. The van der Waals surface area contributed by atoms with Crippen LogP contribution in [0.1, 0.15) is 0 Å². The smallest absolute Gasteiger partial charge is 0.387 e. The number of nitrogens with one attached hydrogen (secondary N) is 1. The van der Waals surface area contributed by atoms with Crippen LogP contribution >= 0.6 is 0 Å². The van der Waals surface area contributed by atoms with E-state index in [1.54, 1.807) is 37.4 Å².